The van der Waals surface area contributed by atoms with E-state index >= 15 is 0 Å². The minimum atomic E-state index is 0.597. The molecular formula is C13H14Cl2N2. The van der Waals surface area contributed by atoms with Crippen LogP contribution in [0.25, 0.3) is 10.9 Å². The lowest BCUT2D eigenvalue weighted by Crippen LogP contribution is -2.02. The molecule has 2 N–H and O–H groups in total. The Morgan fingerprint density at radius 2 is 1.94 bits per heavy atom. The van der Waals surface area contributed by atoms with Gasteiger partial charge in [0.1, 0.15) is 0 Å². The Balaban J connectivity index is 3.02. The Kier molecular flexibility index (Phi) is 3.19. The molecule has 0 aliphatic rings. The van der Waals surface area contributed by atoms with Crippen LogP contribution < -0.4 is 5.73 Å². The molecule has 0 saturated heterocycles. The molecule has 90 valence electrons. The number of halogens is 2. The number of rotatable bonds is 1. The van der Waals surface area contributed by atoms with E-state index in [1.165, 1.54) is 0 Å². The summed E-state index contributed by atoms with van der Waals surface area (Å²) in [5.74, 6) is 0. The molecule has 0 bridgehead atoms. The van der Waals surface area contributed by atoms with Crippen LogP contribution >= 0.6 is 23.2 Å². The van der Waals surface area contributed by atoms with Gasteiger partial charge in [-0.3, -0.25) is 4.98 Å². The monoisotopic (exact) mass is 268 g/mol. The van der Waals surface area contributed by atoms with Crippen LogP contribution in [0.2, 0.25) is 10.0 Å². The zero-order valence-electron chi connectivity index (χ0n) is 10.1. The summed E-state index contributed by atoms with van der Waals surface area (Å²) in [5, 5.41) is 2.02. The second kappa shape index (κ2) is 4.35. The Labute approximate surface area is 111 Å². The largest absolute Gasteiger partial charge is 0.398 e. The van der Waals surface area contributed by atoms with Crippen molar-refractivity contribution in [3.63, 3.8) is 0 Å². The summed E-state index contributed by atoms with van der Waals surface area (Å²) in [6.45, 7) is 5.91. The molecule has 2 rings (SSSR count). The van der Waals surface area contributed by atoms with Crippen molar-refractivity contribution in [1.82, 2.24) is 4.98 Å². The summed E-state index contributed by atoms with van der Waals surface area (Å²) >= 11 is 12.5. The summed E-state index contributed by atoms with van der Waals surface area (Å²) in [6.07, 6.45) is 0.836. The number of anilines is 1. The first-order valence-corrected chi connectivity index (χ1v) is 6.26. The van der Waals surface area contributed by atoms with Crippen LogP contribution in [0.3, 0.4) is 0 Å². The lowest BCUT2D eigenvalue weighted by Gasteiger charge is -2.14. The summed E-state index contributed by atoms with van der Waals surface area (Å²) < 4.78 is 0. The zero-order valence-corrected chi connectivity index (χ0v) is 11.6. The number of pyridine rings is 1. The molecule has 1 aromatic carbocycles. The highest BCUT2D eigenvalue weighted by molar-refractivity contribution is 6.41. The number of hydrogen-bond acceptors (Lipinski definition) is 2. The van der Waals surface area contributed by atoms with Gasteiger partial charge in [-0.15, -0.1) is 0 Å². The Bertz CT molecular complexity index is 606. The van der Waals surface area contributed by atoms with Gasteiger partial charge in [0.05, 0.1) is 15.6 Å². The van der Waals surface area contributed by atoms with Crippen LogP contribution in [0.5, 0.6) is 0 Å². The molecule has 0 atom stereocenters. The standard InChI is InChI=1S/C13H14Cl2N2/c1-4-8-7(3)17-13-9(14)5-6(2)11(15)10(13)12(8)16/h5H,4H2,1-3H3,(H2,16,17). The fourth-order valence-electron chi connectivity index (χ4n) is 2.12. The number of aromatic nitrogens is 1. The van der Waals surface area contributed by atoms with Crippen LogP contribution in [0.15, 0.2) is 6.07 Å². The molecular weight excluding hydrogens is 255 g/mol. The summed E-state index contributed by atoms with van der Waals surface area (Å²) in [4.78, 5) is 4.51. The summed E-state index contributed by atoms with van der Waals surface area (Å²) in [6, 6.07) is 1.82. The molecule has 0 saturated carbocycles. The van der Waals surface area contributed by atoms with E-state index in [0.29, 0.717) is 21.2 Å². The van der Waals surface area contributed by atoms with Gasteiger partial charge >= 0.3 is 0 Å². The number of nitrogens with zero attached hydrogens (tertiary/aromatic N) is 1. The van der Waals surface area contributed by atoms with Gasteiger partial charge in [-0.2, -0.15) is 0 Å². The van der Waals surface area contributed by atoms with Crippen LogP contribution in [0, 0.1) is 13.8 Å². The van der Waals surface area contributed by atoms with Crippen molar-refractivity contribution in [2.45, 2.75) is 27.2 Å². The number of fused-ring (bicyclic) bond motifs is 1. The third-order valence-electron chi connectivity index (χ3n) is 3.04. The first-order valence-electron chi connectivity index (χ1n) is 5.50. The SMILES string of the molecule is CCc1c(C)nc2c(Cl)cc(C)c(Cl)c2c1N. The van der Waals surface area contributed by atoms with Gasteiger partial charge in [0.15, 0.2) is 0 Å². The van der Waals surface area contributed by atoms with E-state index < -0.39 is 0 Å². The van der Waals surface area contributed by atoms with Crippen molar-refractivity contribution in [1.29, 1.82) is 0 Å². The molecule has 0 radical (unpaired) electrons. The molecule has 0 aliphatic heterocycles. The maximum Gasteiger partial charge on any atom is 0.0927 e. The van der Waals surface area contributed by atoms with Gasteiger partial charge in [0.2, 0.25) is 0 Å². The van der Waals surface area contributed by atoms with Gasteiger partial charge in [-0.1, -0.05) is 30.1 Å². The smallest absolute Gasteiger partial charge is 0.0927 e. The van der Waals surface area contributed by atoms with E-state index in [2.05, 4.69) is 11.9 Å². The van der Waals surface area contributed by atoms with Crippen molar-refractivity contribution in [3.8, 4) is 0 Å². The van der Waals surface area contributed by atoms with E-state index in [4.69, 9.17) is 28.9 Å². The molecule has 1 heterocycles. The fraction of sp³-hybridized carbons (Fsp3) is 0.308. The van der Waals surface area contributed by atoms with E-state index in [0.717, 1.165) is 28.6 Å². The quantitative estimate of drug-likeness (QED) is 0.838. The highest BCUT2D eigenvalue weighted by Gasteiger charge is 2.15. The molecule has 0 spiro atoms. The van der Waals surface area contributed by atoms with E-state index in [1.807, 2.05) is 19.9 Å². The number of nitrogens with two attached hydrogens (primary N) is 1. The van der Waals surface area contributed by atoms with Crippen molar-refractivity contribution < 1.29 is 0 Å². The minimum Gasteiger partial charge on any atom is -0.398 e. The molecule has 2 nitrogen and oxygen atoms in total. The average Bonchev–Trinajstić information content (AvgIpc) is 2.26. The second-order valence-corrected chi connectivity index (χ2v) is 4.94. The van der Waals surface area contributed by atoms with Crippen molar-refractivity contribution in [2.75, 3.05) is 5.73 Å². The number of aryl methyl sites for hydroxylation is 2. The van der Waals surface area contributed by atoms with Gasteiger partial charge in [0.25, 0.3) is 0 Å². The molecule has 0 fully saturated rings. The zero-order chi connectivity index (χ0) is 12.7. The summed E-state index contributed by atoms with van der Waals surface area (Å²) in [7, 11) is 0. The first-order chi connectivity index (χ1) is 7.97. The molecule has 0 aliphatic carbocycles. The van der Waals surface area contributed by atoms with Crippen LogP contribution in [-0.2, 0) is 6.42 Å². The molecule has 0 unspecified atom stereocenters. The van der Waals surface area contributed by atoms with Crippen molar-refractivity contribution >= 4 is 39.8 Å². The Morgan fingerprint density at radius 3 is 2.53 bits per heavy atom. The van der Waals surface area contributed by atoms with E-state index in [1.54, 1.807) is 0 Å². The lowest BCUT2D eigenvalue weighted by atomic mass is 10.0. The highest BCUT2D eigenvalue weighted by Crippen LogP contribution is 2.37. The minimum absolute atomic E-state index is 0.597. The summed E-state index contributed by atoms with van der Waals surface area (Å²) in [5.41, 5.74) is 10.5. The van der Waals surface area contributed by atoms with Gasteiger partial charge in [-0.25, -0.2) is 0 Å². The van der Waals surface area contributed by atoms with Gasteiger partial charge in [0, 0.05) is 16.8 Å². The van der Waals surface area contributed by atoms with Crippen molar-refractivity contribution in [2.24, 2.45) is 0 Å². The molecule has 0 amide bonds. The predicted octanol–water partition coefficient (Wildman–Crippen LogP) is 4.30. The van der Waals surface area contributed by atoms with Crippen LogP contribution in [0.4, 0.5) is 5.69 Å². The molecule has 1 aromatic heterocycles. The second-order valence-electron chi connectivity index (χ2n) is 4.16. The Morgan fingerprint density at radius 1 is 1.29 bits per heavy atom. The number of hydrogen-bond donors (Lipinski definition) is 1. The maximum atomic E-state index is 6.31. The van der Waals surface area contributed by atoms with E-state index in [-0.39, 0.29) is 0 Å². The van der Waals surface area contributed by atoms with Crippen molar-refractivity contribution in [3.05, 3.63) is 32.9 Å². The third-order valence-corrected chi connectivity index (χ3v) is 3.81. The van der Waals surface area contributed by atoms with Crippen LogP contribution in [-0.4, -0.2) is 4.98 Å². The topological polar surface area (TPSA) is 38.9 Å². The van der Waals surface area contributed by atoms with Crippen LogP contribution in [0.1, 0.15) is 23.7 Å². The predicted molar refractivity (Wildman–Crippen MR) is 75.0 cm³/mol. The molecule has 4 heteroatoms. The Hall–Kier alpha value is -0.990. The fourth-order valence-corrected chi connectivity index (χ4v) is 2.67. The highest BCUT2D eigenvalue weighted by atomic mass is 35.5. The maximum absolute atomic E-state index is 6.31. The number of benzene rings is 1. The van der Waals surface area contributed by atoms with Gasteiger partial charge in [-0.05, 0) is 37.5 Å². The third kappa shape index (κ3) is 1.85. The first kappa shape index (κ1) is 12.5. The average molecular weight is 269 g/mol. The lowest BCUT2D eigenvalue weighted by molar-refractivity contribution is 1.07. The molecule has 2 aromatic rings. The normalized spacial score (nSPS) is 11.1. The van der Waals surface area contributed by atoms with Gasteiger partial charge < -0.3 is 5.73 Å². The molecule has 17 heavy (non-hydrogen) atoms. The van der Waals surface area contributed by atoms with E-state index in [9.17, 15) is 0 Å². The number of nitrogen functional groups attached to an aromatic ring is 1.